The molecule has 0 saturated heterocycles. The average Bonchev–Trinajstić information content (AvgIpc) is 1.61. The standard InChI is InChI=1S/C3H4N2O2/c4-2-1-3-5(6)7/h1,3H2. The molecular weight excluding hydrogens is 96.0 g/mol. The summed E-state index contributed by atoms with van der Waals surface area (Å²) in [5, 5.41) is 17.2. The van der Waals surface area contributed by atoms with Gasteiger partial charge in [-0.2, -0.15) is 5.26 Å². The lowest BCUT2D eigenvalue weighted by Gasteiger charge is -1.78. The van der Waals surface area contributed by atoms with Crippen molar-refractivity contribution in [3.63, 3.8) is 0 Å². The Morgan fingerprint density at radius 3 is 2.57 bits per heavy atom. The first-order chi connectivity index (χ1) is 3.27. The lowest BCUT2D eigenvalue weighted by atomic mass is 10.5. The van der Waals surface area contributed by atoms with E-state index in [9.17, 15) is 10.1 Å². The van der Waals surface area contributed by atoms with E-state index in [1.807, 2.05) is 0 Å². The summed E-state index contributed by atoms with van der Waals surface area (Å²) in [5.41, 5.74) is 0. The highest BCUT2D eigenvalue weighted by molar-refractivity contribution is 4.66. The Hall–Kier alpha value is -1.11. The van der Waals surface area contributed by atoms with Crippen LogP contribution in [0.25, 0.3) is 0 Å². The van der Waals surface area contributed by atoms with Gasteiger partial charge in [-0.05, 0) is 0 Å². The van der Waals surface area contributed by atoms with E-state index < -0.39 is 4.92 Å². The van der Waals surface area contributed by atoms with Gasteiger partial charge in [-0.3, -0.25) is 10.1 Å². The van der Waals surface area contributed by atoms with E-state index >= 15 is 0 Å². The molecule has 0 unspecified atom stereocenters. The van der Waals surface area contributed by atoms with Crippen molar-refractivity contribution in [2.75, 3.05) is 6.54 Å². The van der Waals surface area contributed by atoms with Crippen molar-refractivity contribution < 1.29 is 4.92 Å². The average molecular weight is 100 g/mol. The summed E-state index contributed by atoms with van der Waals surface area (Å²) in [6.07, 6.45) is 0.00694. The molecule has 4 nitrogen and oxygen atoms in total. The van der Waals surface area contributed by atoms with Gasteiger partial charge in [-0.1, -0.05) is 0 Å². The van der Waals surface area contributed by atoms with Gasteiger partial charge in [-0.25, -0.2) is 0 Å². The van der Waals surface area contributed by atoms with Gasteiger partial charge in [0.25, 0.3) is 0 Å². The normalized spacial score (nSPS) is 7.29. The molecule has 0 bridgehead atoms. The topological polar surface area (TPSA) is 66.9 Å². The summed E-state index contributed by atoms with van der Waals surface area (Å²) >= 11 is 0. The fraction of sp³-hybridized carbons (Fsp3) is 0.667. The SMILES string of the molecule is N#CCC[N+](=O)[O-]. The third-order valence-corrected chi connectivity index (χ3v) is 0.406. The van der Waals surface area contributed by atoms with Crippen LogP contribution in [0.3, 0.4) is 0 Å². The molecule has 0 rings (SSSR count). The van der Waals surface area contributed by atoms with Gasteiger partial charge < -0.3 is 0 Å². The number of rotatable bonds is 2. The lowest BCUT2D eigenvalue weighted by Crippen LogP contribution is -1.97. The molecule has 0 aliphatic rings. The van der Waals surface area contributed by atoms with Gasteiger partial charge in [0.05, 0.1) is 12.5 Å². The summed E-state index contributed by atoms with van der Waals surface area (Å²) in [7, 11) is 0. The quantitative estimate of drug-likeness (QED) is 0.367. The van der Waals surface area contributed by atoms with Crippen molar-refractivity contribution in [3.05, 3.63) is 10.1 Å². The van der Waals surface area contributed by atoms with Crippen molar-refractivity contribution >= 4 is 0 Å². The molecule has 0 N–H and O–H groups in total. The number of hydrogen-bond donors (Lipinski definition) is 0. The minimum atomic E-state index is -0.511. The van der Waals surface area contributed by atoms with Crippen LogP contribution in [-0.4, -0.2) is 11.5 Å². The van der Waals surface area contributed by atoms with Crippen molar-refractivity contribution in [1.82, 2.24) is 0 Å². The molecule has 4 heteroatoms. The zero-order valence-electron chi connectivity index (χ0n) is 3.63. The van der Waals surface area contributed by atoms with Crippen LogP contribution >= 0.6 is 0 Å². The Balaban J connectivity index is 3.02. The second-order valence-electron chi connectivity index (χ2n) is 0.964. The van der Waals surface area contributed by atoms with Crippen molar-refractivity contribution in [3.8, 4) is 6.07 Å². The van der Waals surface area contributed by atoms with Crippen LogP contribution < -0.4 is 0 Å². The molecule has 0 atom stereocenters. The molecule has 38 valence electrons. The smallest absolute Gasteiger partial charge is 0.216 e. The van der Waals surface area contributed by atoms with Gasteiger partial charge in [-0.15, -0.1) is 0 Å². The largest absolute Gasteiger partial charge is 0.265 e. The first-order valence-electron chi connectivity index (χ1n) is 1.76. The summed E-state index contributed by atoms with van der Waals surface area (Å²) in [6.45, 7) is -0.240. The Labute approximate surface area is 40.5 Å². The van der Waals surface area contributed by atoms with Crippen LogP contribution in [0.1, 0.15) is 6.42 Å². The number of nitro groups is 1. The predicted molar refractivity (Wildman–Crippen MR) is 22.1 cm³/mol. The summed E-state index contributed by atoms with van der Waals surface area (Å²) in [4.78, 5) is 8.90. The fourth-order valence-corrected chi connectivity index (χ4v) is 0.141. The maximum Gasteiger partial charge on any atom is 0.216 e. The summed E-state index contributed by atoms with van der Waals surface area (Å²) in [6, 6.07) is 1.66. The van der Waals surface area contributed by atoms with Crippen LogP contribution in [0.4, 0.5) is 0 Å². The van der Waals surface area contributed by atoms with Crippen LogP contribution in [0, 0.1) is 21.4 Å². The number of hydrogen-bond acceptors (Lipinski definition) is 3. The number of nitrogens with zero attached hydrogens (tertiary/aromatic N) is 2. The van der Waals surface area contributed by atoms with Crippen LogP contribution in [0.2, 0.25) is 0 Å². The highest BCUT2D eigenvalue weighted by Gasteiger charge is 1.90. The maximum atomic E-state index is 9.41. The van der Waals surface area contributed by atoms with E-state index in [4.69, 9.17) is 5.26 Å². The minimum Gasteiger partial charge on any atom is -0.265 e. The first kappa shape index (κ1) is 5.89. The van der Waals surface area contributed by atoms with E-state index in [0.717, 1.165) is 0 Å². The molecule has 0 aliphatic carbocycles. The first-order valence-corrected chi connectivity index (χ1v) is 1.76. The molecule has 0 saturated carbocycles. The zero-order valence-corrected chi connectivity index (χ0v) is 3.63. The lowest BCUT2D eigenvalue weighted by molar-refractivity contribution is -0.478. The molecule has 0 amide bonds. The second-order valence-corrected chi connectivity index (χ2v) is 0.964. The van der Waals surface area contributed by atoms with E-state index in [0.29, 0.717) is 0 Å². The molecule has 0 aromatic heterocycles. The third-order valence-electron chi connectivity index (χ3n) is 0.406. The highest BCUT2D eigenvalue weighted by atomic mass is 16.6. The molecule has 0 fully saturated rings. The maximum absolute atomic E-state index is 9.41. The Bertz CT molecular complexity index is 104. The van der Waals surface area contributed by atoms with Crippen molar-refractivity contribution in [1.29, 1.82) is 5.26 Å². The van der Waals surface area contributed by atoms with Gasteiger partial charge in [0, 0.05) is 4.92 Å². The van der Waals surface area contributed by atoms with Gasteiger partial charge in [0.15, 0.2) is 0 Å². The third kappa shape index (κ3) is 4.89. The molecule has 0 spiro atoms. The van der Waals surface area contributed by atoms with E-state index in [1.165, 1.54) is 0 Å². The second kappa shape index (κ2) is 3.09. The van der Waals surface area contributed by atoms with E-state index in [-0.39, 0.29) is 13.0 Å². The molecular formula is C3H4N2O2. The molecule has 0 radical (unpaired) electrons. The Morgan fingerprint density at radius 1 is 1.86 bits per heavy atom. The molecule has 0 aromatic carbocycles. The van der Waals surface area contributed by atoms with Crippen LogP contribution in [-0.2, 0) is 0 Å². The van der Waals surface area contributed by atoms with E-state index in [2.05, 4.69) is 0 Å². The van der Waals surface area contributed by atoms with Crippen LogP contribution in [0.5, 0.6) is 0 Å². The molecule has 0 heterocycles. The zero-order chi connectivity index (χ0) is 5.70. The van der Waals surface area contributed by atoms with Crippen molar-refractivity contribution in [2.24, 2.45) is 0 Å². The monoisotopic (exact) mass is 100 g/mol. The highest BCUT2D eigenvalue weighted by Crippen LogP contribution is 1.73. The van der Waals surface area contributed by atoms with Gasteiger partial charge in [0.2, 0.25) is 6.54 Å². The minimum absolute atomic E-state index is 0.00694. The molecule has 0 aromatic rings. The predicted octanol–water partition coefficient (Wildman–Crippen LogP) is 0.177. The summed E-state index contributed by atoms with van der Waals surface area (Å²) in [5.74, 6) is 0. The van der Waals surface area contributed by atoms with E-state index in [1.54, 1.807) is 6.07 Å². The van der Waals surface area contributed by atoms with Gasteiger partial charge in [0.1, 0.15) is 0 Å². The fourth-order valence-electron chi connectivity index (χ4n) is 0.141. The molecule has 7 heavy (non-hydrogen) atoms. The Morgan fingerprint density at radius 2 is 2.43 bits per heavy atom. The van der Waals surface area contributed by atoms with Crippen molar-refractivity contribution in [2.45, 2.75) is 6.42 Å². The summed E-state index contributed by atoms with van der Waals surface area (Å²) < 4.78 is 0. The van der Waals surface area contributed by atoms with Gasteiger partial charge >= 0.3 is 0 Å². The van der Waals surface area contributed by atoms with Crippen LogP contribution in [0.15, 0.2) is 0 Å². The molecule has 0 aliphatic heterocycles. The number of nitriles is 1. The Kier molecular flexibility index (Phi) is 2.60.